The second-order valence-electron chi connectivity index (χ2n) is 5.75. The van der Waals surface area contributed by atoms with Crippen LogP contribution in [0.2, 0.25) is 5.02 Å². The number of carbonyl (C=O) groups is 1. The molecule has 10 heteroatoms. The molecule has 0 bridgehead atoms. The van der Waals surface area contributed by atoms with Gasteiger partial charge in [0.05, 0.1) is 17.1 Å². The van der Waals surface area contributed by atoms with Gasteiger partial charge in [-0.1, -0.05) is 22.8 Å². The summed E-state index contributed by atoms with van der Waals surface area (Å²) >= 11 is 6.06. The van der Waals surface area contributed by atoms with Crippen molar-refractivity contribution in [2.75, 3.05) is 7.05 Å². The predicted molar refractivity (Wildman–Crippen MR) is 90.9 cm³/mol. The van der Waals surface area contributed by atoms with Gasteiger partial charge in [-0.3, -0.25) is 9.36 Å². The standard InChI is InChI=1S/C17H14ClF3N4O2/c1-9-13(15(23-27-9)14-10(18)4-3-5-11(14)19)16(26)24(2)8-12-22-6-7-25(12)17(20)21/h3-7,17H,8H2,1-2H3. The molecule has 2 heterocycles. The molecule has 1 aromatic carbocycles. The average molecular weight is 399 g/mol. The Morgan fingerprint density at radius 2 is 2.15 bits per heavy atom. The first-order valence-corrected chi connectivity index (χ1v) is 8.15. The van der Waals surface area contributed by atoms with Gasteiger partial charge in [-0.05, 0) is 19.1 Å². The molecular weight excluding hydrogens is 385 g/mol. The van der Waals surface area contributed by atoms with Crippen LogP contribution < -0.4 is 0 Å². The van der Waals surface area contributed by atoms with Gasteiger partial charge in [-0.25, -0.2) is 9.37 Å². The van der Waals surface area contributed by atoms with E-state index in [9.17, 15) is 18.0 Å². The number of nitrogens with zero attached hydrogens (tertiary/aromatic N) is 4. The summed E-state index contributed by atoms with van der Waals surface area (Å²) in [6, 6.07) is 4.07. The molecule has 0 fully saturated rings. The molecule has 142 valence electrons. The van der Waals surface area contributed by atoms with Gasteiger partial charge < -0.3 is 9.42 Å². The normalized spacial score (nSPS) is 11.2. The Balaban J connectivity index is 1.96. The van der Waals surface area contributed by atoms with E-state index in [1.807, 2.05) is 0 Å². The second-order valence-corrected chi connectivity index (χ2v) is 6.16. The summed E-state index contributed by atoms with van der Waals surface area (Å²) in [6.07, 6.45) is 2.34. The van der Waals surface area contributed by atoms with Gasteiger partial charge in [0.1, 0.15) is 28.7 Å². The van der Waals surface area contributed by atoms with Crippen molar-refractivity contribution in [2.45, 2.75) is 20.0 Å². The maximum absolute atomic E-state index is 14.2. The quantitative estimate of drug-likeness (QED) is 0.642. The lowest BCUT2D eigenvalue weighted by Gasteiger charge is -2.18. The number of aryl methyl sites for hydroxylation is 1. The number of carbonyl (C=O) groups excluding carboxylic acids is 1. The van der Waals surface area contributed by atoms with Gasteiger partial charge in [0.2, 0.25) is 0 Å². The van der Waals surface area contributed by atoms with Crippen LogP contribution in [-0.2, 0) is 6.54 Å². The number of hydrogen-bond donors (Lipinski definition) is 0. The summed E-state index contributed by atoms with van der Waals surface area (Å²) in [7, 11) is 1.41. The summed E-state index contributed by atoms with van der Waals surface area (Å²) in [5, 5.41) is 3.83. The Kier molecular flexibility index (Phi) is 5.22. The van der Waals surface area contributed by atoms with Crippen molar-refractivity contribution in [3.05, 3.63) is 58.6 Å². The number of alkyl halides is 2. The van der Waals surface area contributed by atoms with Gasteiger partial charge in [-0.2, -0.15) is 8.78 Å². The zero-order valence-electron chi connectivity index (χ0n) is 14.3. The van der Waals surface area contributed by atoms with E-state index < -0.39 is 18.3 Å². The predicted octanol–water partition coefficient (Wildman–Crippen LogP) is 4.31. The van der Waals surface area contributed by atoms with Gasteiger partial charge in [0, 0.05) is 19.4 Å². The van der Waals surface area contributed by atoms with Crippen LogP contribution in [0.25, 0.3) is 11.3 Å². The molecule has 0 saturated carbocycles. The number of rotatable bonds is 5. The van der Waals surface area contributed by atoms with Crippen LogP contribution >= 0.6 is 11.6 Å². The molecule has 0 spiro atoms. The molecule has 6 nitrogen and oxygen atoms in total. The summed E-state index contributed by atoms with van der Waals surface area (Å²) in [6.45, 7) is -1.48. The van der Waals surface area contributed by atoms with E-state index in [4.69, 9.17) is 16.1 Å². The molecule has 2 aromatic heterocycles. The molecule has 3 rings (SSSR count). The lowest BCUT2D eigenvalue weighted by Crippen LogP contribution is -2.28. The largest absolute Gasteiger partial charge is 0.360 e. The van der Waals surface area contributed by atoms with Crippen molar-refractivity contribution < 1.29 is 22.5 Å². The van der Waals surface area contributed by atoms with Crippen molar-refractivity contribution in [3.63, 3.8) is 0 Å². The van der Waals surface area contributed by atoms with Gasteiger partial charge in [-0.15, -0.1) is 0 Å². The molecular formula is C17H14ClF3N4O2. The molecule has 0 saturated heterocycles. The van der Waals surface area contributed by atoms with Crippen LogP contribution in [0.3, 0.4) is 0 Å². The number of halogens is 4. The molecule has 0 N–H and O–H groups in total. The zero-order valence-corrected chi connectivity index (χ0v) is 15.0. The van der Waals surface area contributed by atoms with Crippen LogP contribution in [0.4, 0.5) is 13.2 Å². The van der Waals surface area contributed by atoms with Gasteiger partial charge in [0.15, 0.2) is 0 Å². The highest BCUT2D eigenvalue weighted by Gasteiger charge is 2.28. The highest BCUT2D eigenvalue weighted by Crippen LogP contribution is 2.34. The summed E-state index contributed by atoms with van der Waals surface area (Å²) in [5.41, 5.74) is -0.119. The number of benzene rings is 1. The fraction of sp³-hybridized carbons (Fsp3) is 0.235. The second kappa shape index (κ2) is 7.43. The van der Waals surface area contributed by atoms with E-state index >= 15 is 0 Å². The number of imidazole rings is 1. The average Bonchev–Trinajstić information content (AvgIpc) is 3.21. The Morgan fingerprint density at radius 3 is 2.81 bits per heavy atom. The Bertz CT molecular complexity index is 966. The third kappa shape index (κ3) is 3.55. The SMILES string of the molecule is Cc1onc(-c2c(F)cccc2Cl)c1C(=O)N(C)Cc1nccn1C(F)F. The first-order valence-electron chi connectivity index (χ1n) is 7.77. The molecule has 0 aliphatic heterocycles. The first-order chi connectivity index (χ1) is 12.8. The Morgan fingerprint density at radius 1 is 1.41 bits per heavy atom. The maximum atomic E-state index is 14.2. The zero-order chi connectivity index (χ0) is 19.7. The van der Waals surface area contributed by atoms with E-state index in [-0.39, 0.29) is 40.0 Å². The molecule has 0 atom stereocenters. The molecule has 1 amide bonds. The van der Waals surface area contributed by atoms with Crippen LogP contribution in [-0.4, -0.2) is 32.6 Å². The number of aromatic nitrogens is 3. The van der Waals surface area contributed by atoms with E-state index in [0.717, 1.165) is 6.20 Å². The number of amides is 1. The smallest absolute Gasteiger partial charge is 0.319 e. The number of hydrogen-bond acceptors (Lipinski definition) is 4. The highest BCUT2D eigenvalue weighted by molar-refractivity contribution is 6.33. The molecule has 0 aliphatic carbocycles. The Labute approximate surface area is 157 Å². The fourth-order valence-corrected chi connectivity index (χ4v) is 2.89. The van der Waals surface area contributed by atoms with Crippen molar-refractivity contribution in [2.24, 2.45) is 0 Å². The van der Waals surface area contributed by atoms with Gasteiger partial charge >= 0.3 is 6.55 Å². The minimum atomic E-state index is -2.78. The molecule has 0 aliphatic rings. The highest BCUT2D eigenvalue weighted by atomic mass is 35.5. The lowest BCUT2D eigenvalue weighted by atomic mass is 10.0. The van der Waals surface area contributed by atoms with Crippen molar-refractivity contribution in [1.82, 2.24) is 19.6 Å². The summed E-state index contributed by atoms with van der Waals surface area (Å²) in [5.74, 6) is -1.11. The molecule has 27 heavy (non-hydrogen) atoms. The molecule has 0 radical (unpaired) electrons. The Hall–Kier alpha value is -2.81. The van der Waals surface area contributed by atoms with Crippen molar-refractivity contribution >= 4 is 17.5 Å². The topological polar surface area (TPSA) is 64.2 Å². The van der Waals surface area contributed by atoms with Gasteiger partial charge in [0.25, 0.3) is 5.91 Å². The third-order valence-electron chi connectivity index (χ3n) is 3.96. The van der Waals surface area contributed by atoms with E-state index in [1.165, 1.54) is 43.3 Å². The van der Waals surface area contributed by atoms with E-state index in [1.54, 1.807) is 0 Å². The molecule has 3 aromatic rings. The summed E-state index contributed by atoms with van der Waals surface area (Å²) < 4.78 is 45.9. The first kappa shape index (κ1) is 19.0. The van der Waals surface area contributed by atoms with Crippen LogP contribution in [0, 0.1) is 12.7 Å². The maximum Gasteiger partial charge on any atom is 0.319 e. The van der Waals surface area contributed by atoms with Crippen LogP contribution in [0.15, 0.2) is 35.1 Å². The monoisotopic (exact) mass is 398 g/mol. The van der Waals surface area contributed by atoms with Crippen molar-refractivity contribution in [3.8, 4) is 11.3 Å². The minimum absolute atomic E-state index is 0.000321. The summed E-state index contributed by atoms with van der Waals surface area (Å²) in [4.78, 5) is 17.9. The minimum Gasteiger partial charge on any atom is -0.360 e. The third-order valence-corrected chi connectivity index (χ3v) is 4.28. The van der Waals surface area contributed by atoms with E-state index in [2.05, 4.69) is 10.1 Å². The lowest BCUT2D eigenvalue weighted by molar-refractivity contribution is 0.0612. The van der Waals surface area contributed by atoms with E-state index in [0.29, 0.717) is 4.57 Å². The van der Waals surface area contributed by atoms with Crippen molar-refractivity contribution in [1.29, 1.82) is 0 Å². The van der Waals surface area contributed by atoms with Crippen LogP contribution in [0.1, 0.15) is 28.5 Å². The molecule has 0 unspecified atom stereocenters. The fourth-order valence-electron chi connectivity index (χ4n) is 2.64. The van der Waals surface area contributed by atoms with Crippen LogP contribution in [0.5, 0.6) is 0 Å².